The van der Waals surface area contributed by atoms with Crippen LogP contribution in [0.5, 0.6) is 0 Å². The number of anilines is 1. The van der Waals surface area contributed by atoms with Gasteiger partial charge < -0.3 is 4.90 Å². The van der Waals surface area contributed by atoms with Crippen molar-refractivity contribution in [1.82, 2.24) is 9.21 Å². The van der Waals surface area contributed by atoms with Crippen molar-refractivity contribution in [3.8, 4) is 0 Å². The van der Waals surface area contributed by atoms with Crippen molar-refractivity contribution in [3.05, 3.63) is 65.7 Å². The van der Waals surface area contributed by atoms with Gasteiger partial charge in [-0.3, -0.25) is 9.10 Å². The molecule has 0 spiro atoms. The molecule has 2 aromatic rings. The minimum Gasteiger partial charge on any atom is -0.301 e. The van der Waals surface area contributed by atoms with E-state index in [9.17, 15) is 21.6 Å². The smallest absolute Gasteiger partial charge is 0.235 e. The zero-order chi connectivity index (χ0) is 24.1. The predicted molar refractivity (Wildman–Crippen MR) is 130 cm³/mol. The molecule has 1 fully saturated rings. The molecule has 0 radical (unpaired) electrons. The summed E-state index contributed by atoms with van der Waals surface area (Å²) in [6.07, 6.45) is 1.66. The number of rotatable bonds is 10. The first-order valence-corrected chi connectivity index (χ1v) is 14.3. The first-order valence-electron chi connectivity index (χ1n) is 10.9. The lowest BCUT2D eigenvalue weighted by atomic mass is 10.1. The van der Waals surface area contributed by atoms with Gasteiger partial charge in [0, 0.05) is 31.7 Å². The molecule has 1 saturated heterocycles. The Morgan fingerprint density at radius 3 is 2.06 bits per heavy atom. The van der Waals surface area contributed by atoms with E-state index in [1.165, 1.54) is 21.8 Å². The van der Waals surface area contributed by atoms with Crippen molar-refractivity contribution in [2.24, 2.45) is 0 Å². The lowest BCUT2D eigenvalue weighted by molar-refractivity contribution is 0.101. The Labute approximate surface area is 196 Å². The molecule has 0 aliphatic carbocycles. The van der Waals surface area contributed by atoms with E-state index in [-0.39, 0.29) is 18.1 Å². The normalized spacial score (nSPS) is 15.9. The third-order valence-electron chi connectivity index (χ3n) is 5.74. The van der Waals surface area contributed by atoms with Crippen molar-refractivity contribution >= 4 is 31.5 Å². The van der Waals surface area contributed by atoms with Crippen LogP contribution in [0.25, 0.3) is 0 Å². The fourth-order valence-corrected chi connectivity index (χ4v) is 6.15. The zero-order valence-corrected chi connectivity index (χ0v) is 20.7. The van der Waals surface area contributed by atoms with Crippen LogP contribution in [-0.4, -0.2) is 76.6 Å². The maximum atomic E-state index is 13.3. The van der Waals surface area contributed by atoms with Crippen molar-refractivity contribution in [2.75, 3.05) is 49.0 Å². The molecule has 0 amide bonds. The molecule has 2 aromatic carbocycles. The van der Waals surface area contributed by atoms with Crippen LogP contribution in [0.2, 0.25) is 0 Å². The average Bonchev–Trinajstić information content (AvgIpc) is 2.78. The van der Waals surface area contributed by atoms with Gasteiger partial charge in [0.2, 0.25) is 20.0 Å². The van der Waals surface area contributed by atoms with Gasteiger partial charge in [0.15, 0.2) is 5.78 Å². The lowest BCUT2D eigenvalue weighted by Crippen LogP contribution is -2.48. The molecule has 3 rings (SSSR count). The summed E-state index contributed by atoms with van der Waals surface area (Å²) in [6.45, 7) is 4.31. The summed E-state index contributed by atoms with van der Waals surface area (Å²) in [6, 6.07) is 16.0. The van der Waals surface area contributed by atoms with E-state index in [2.05, 4.69) is 4.90 Å². The summed E-state index contributed by atoms with van der Waals surface area (Å²) in [4.78, 5) is 13.6. The molecular weight excluding hydrogens is 462 g/mol. The van der Waals surface area contributed by atoms with E-state index >= 15 is 0 Å². The van der Waals surface area contributed by atoms with E-state index in [4.69, 9.17) is 0 Å². The second kappa shape index (κ2) is 10.8. The molecule has 180 valence electrons. The molecule has 0 bridgehead atoms. The van der Waals surface area contributed by atoms with Crippen molar-refractivity contribution in [2.45, 2.75) is 19.9 Å². The van der Waals surface area contributed by atoms with Crippen LogP contribution in [0.3, 0.4) is 0 Å². The highest BCUT2D eigenvalue weighted by atomic mass is 32.2. The second-order valence-corrected chi connectivity index (χ2v) is 12.3. The molecule has 0 atom stereocenters. The number of carbonyl (C=O) groups is 1. The monoisotopic (exact) mass is 493 g/mol. The minimum atomic E-state index is -3.60. The number of para-hydroxylation sites is 1. The number of hydrogen-bond acceptors (Lipinski definition) is 6. The number of carbonyl (C=O) groups excluding carboxylic acids is 1. The summed E-state index contributed by atoms with van der Waals surface area (Å²) in [7, 11) is -6.79. The van der Waals surface area contributed by atoms with Gasteiger partial charge in [0.05, 0.1) is 24.2 Å². The van der Waals surface area contributed by atoms with Gasteiger partial charge >= 0.3 is 0 Å². The highest BCUT2D eigenvalue weighted by molar-refractivity contribution is 7.92. The Morgan fingerprint density at radius 1 is 0.909 bits per heavy atom. The number of ketones is 1. The third kappa shape index (κ3) is 7.10. The molecule has 8 nitrogen and oxygen atoms in total. The molecule has 1 heterocycles. The fraction of sp³-hybridized carbons (Fsp3) is 0.435. The van der Waals surface area contributed by atoms with E-state index < -0.39 is 20.0 Å². The second-order valence-electron chi connectivity index (χ2n) is 8.27. The molecule has 33 heavy (non-hydrogen) atoms. The van der Waals surface area contributed by atoms with Gasteiger partial charge in [0.25, 0.3) is 0 Å². The maximum Gasteiger partial charge on any atom is 0.235 e. The summed E-state index contributed by atoms with van der Waals surface area (Å²) < 4.78 is 52.8. The number of hydrogen-bond donors (Lipinski definition) is 0. The highest BCUT2D eigenvalue weighted by Crippen LogP contribution is 2.22. The maximum absolute atomic E-state index is 13.3. The number of piperazine rings is 1. The molecule has 0 aromatic heterocycles. The van der Waals surface area contributed by atoms with Gasteiger partial charge in [-0.05, 0) is 37.6 Å². The molecule has 10 heteroatoms. The number of Topliss-reactive ketones (excluding diaryl/α,β-unsaturated/α-hetero) is 1. The lowest BCUT2D eigenvalue weighted by Gasteiger charge is -2.33. The Kier molecular flexibility index (Phi) is 8.28. The van der Waals surface area contributed by atoms with Gasteiger partial charge in [0.1, 0.15) is 0 Å². The standard InChI is InChI=1S/C23H31N3O5S2/c1-20(27)22-11-9-21(10-12-22)19-26(23-7-4-3-5-8-23)33(30,31)18-6-13-24-14-16-25(17-15-24)32(2,28)29/h3-5,7-12H,6,13-19H2,1-2H3. The molecule has 0 unspecified atom stereocenters. The zero-order valence-electron chi connectivity index (χ0n) is 19.1. The summed E-state index contributed by atoms with van der Waals surface area (Å²) in [5, 5.41) is 0. The number of benzene rings is 2. The SMILES string of the molecule is CC(=O)c1ccc(CN(c2ccccc2)S(=O)(=O)CCCN2CCN(S(C)(=O)=O)CC2)cc1. The summed E-state index contributed by atoms with van der Waals surface area (Å²) in [5.41, 5.74) is 1.98. The quantitative estimate of drug-likeness (QED) is 0.471. The van der Waals surface area contributed by atoms with Gasteiger partial charge in [-0.2, -0.15) is 4.31 Å². The molecule has 1 aliphatic rings. The van der Waals surface area contributed by atoms with Crippen molar-refractivity contribution in [3.63, 3.8) is 0 Å². The molecule has 0 saturated carbocycles. The van der Waals surface area contributed by atoms with Crippen LogP contribution < -0.4 is 4.31 Å². The average molecular weight is 494 g/mol. The van der Waals surface area contributed by atoms with E-state index in [0.717, 1.165) is 5.56 Å². The predicted octanol–water partition coefficient (Wildman–Crippen LogP) is 2.19. The topological polar surface area (TPSA) is 95.1 Å². The summed E-state index contributed by atoms with van der Waals surface area (Å²) in [5.74, 6) is -0.0499. The van der Waals surface area contributed by atoms with Crippen molar-refractivity contribution in [1.29, 1.82) is 0 Å². The number of sulfonamides is 2. The molecule has 0 N–H and O–H groups in total. The van der Waals surface area contributed by atoms with Crippen molar-refractivity contribution < 1.29 is 21.6 Å². The Balaban J connectivity index is 1.65. The van der Waals surface area contributed by atoms with E-state index in [1.54, 1.807) is 48.5 Å². The largest absolute Gasteiger partial charge is 0.301 e. The Bertz CT molecular complexity index is 1140. The fourth-order valence-electron chi connectivity index (χ4n) is 3.82. The van der Waals surface area contributed by atoms with Crippen LogP contribution in [0, 0.1) is 0 Å². The number of nitrogens with zero attached hydrogens (tertiary/aromatic N) is 3. The van der Waals surface area contributed by atoms with Gasteiger partial charge in [-0.1, -0.05) is 42.5 Å². The van der Waals surface area contributed by atoms with Gasteiger partial charge in [-0.15, -0.1) is 0 Å². The van der Waals surface area contributed by atoms with E-state index in [1.807, 2.05) is 6.07 Å². The van der Waals surface area contributed by atoms with Crippen LogP contribution in [-0.2, 0) is 26.6 Å². The van der Waals surface area contributed by atoms with Crippen LogP contribution in [0.4, 0.5) is 5.69 Å². The highest BCUT2D eigenvalue weighted by Gasteiger charge is 2.25. The third-order valence-corrected chi connectivity index (χ3v) is 8.86. The summed E-state index contributed by atoms with van der Waals surface area (Å²) >= 11 is 0. The van der Waals surface area contributed by atoms with Crippen LogP contribution in [0.1, 0.15) is 29.3 Å². The van der Waals surface area contributed by atoms with Gasteiger partial charge in [-0.25, -0.2) is 16.8 Å². The Morgan fingerprint density at radius 2 is 1.52 bits per heavy atom. The van der Waals surface area contributed by atoms with E-state index in [0.29, 0.717) is 50.4 Å². The molecular formula is C23H31N3O5S2. The first kappa shape index (κ1) is 25.4. The molecule has 1 aliphatic heterocycles. The minimum absolute atomic E-state index is 0.0142. The Hall–Kier alpha value is -2.27. The first-order chi connectivity index (χ1) is 15.6. The van der Waals surface area contributed by atoms with Crippen LogP contribution in [0.15, 0.2) is 54.6 Å². The van der Waals surface area contributed by atoms with Crippen LogP contribution >= 0.6 is 0 Å².